The van der Waals surface area contributed by atoms with Crippen LogP contribution in [0.25, 0.3) is 0 Å². The normalized spacial score (nSPS) is 11.9. The van der Waals surface area contributed by atoms with Gasteiger partial charge in [0.1, 0.15) is 0 Å². The highest BCUT2D eigenvalue weighted by Crippen LogP contribution is 2.29. The van der Waals surface area contributed by atoms with Crippen LogP contribution in [0, 0.1) is 5.41 Å². The Kier molecular flexibility index (Phi) is 5.09. The minimum atomic E-state index is -2.68. The Balaban J connectivity index is 2.79. The van der Waals surface area contributed by atoms with Gasteiger partial charge in [-0.05, 0) is 12.8 Å². The molecule has 0 aliphatic carbocycles. The highest BCUT2D eigenvalue weighted by atomic mass is 32.1. The predicted octanol–water partition coefficient (Wildman–Crippen LogP) is 2.18. The molecule has 0 saturated carbocycles. The van der Waals surface area contributed by atoms with Crippen LogP contribution in [0.4, 0.5) is 13.9 Å². The molecule has 0 radical (unpaired) electrons. The number of amides is 1. The van der Waals surface area contributed by atoms with Gasteiger partial charge in [-0.1, -0.05) is 25.2 Å². The maximum atomic E-state index is 12.3. The third-order valence-electron chi connectivity index (χ3n) is 3.07. The fraction of sp³-hybridized carbons (Fsp3) is 0.700. The summed E-state index contributed by atoms with van der Waals surface area (Å²) in [5.74, 6) is -0.299. The van der Waals surface area contributed by atoms with Crippen molar-refractivity contribution in [1.82, 2.24) is 10.2 Å². The van der Waals surface area contributed by atoms with Crippen molar-refractivity contribution in [2.45, 2.75) is 33.1 Å². The number of alkyl halides is 2. The van der Waals surface area contributed by atoms with E-state index in [4.69, 9.17) is 5.73 Å². The molecule has 0 aliphatic rings. The molecule has 0 bridgehead atoms. The fourth-order valence-corrected chi connectivity index (χ4v) is 2.15. The molecule has 3 N–H and O–H groups in total. The van der Waals surface area contributed by atoms with Crippen LogP contribution in [0.3, 0.4) is 0 Å². The summed E-state index contributed by atoms with van der Waals surface area (Å²) in [5, 5.41) is 8.99. The maximum Gasteiger partial charge on any atom is 0.291 e. The van der Waals surface area contributed by atoms with Crippen molar-refractivity contribution in [2.75, 3.05) is 11.9 Å². The minimum Gasteiger partial charge on any atom is -0.329 e. The number of aromatic nitrogens is 2. The Labute approximate surface area is 108 Å². The van der Waals surface area contributed by atoms with E-state index in [0.717, 1.165) is 0 Å². The van der Waals surface area contributed by atoms with E-state index >= 15 is 0 Å². The van der Waals surface area contributed by atoms with Gasteiger partial charge in [0.15, 0.2) is 5.01 Å². The molecular weight excluding hydrogens is 262 g/mol. The van der Waals surface area contributed by atoms with E-state index in [0.29, 0.717) is 24.2 Å². The number of hydrogen-bond donors (Lipinski definition) is 2. The van der Waals surface area contributed by atoms with Crippen molar-refractivity contribution in [1.29, 1.82) is 0 Å². The SMILES string of the molecule is CCC(CC)(CN)C(=O)Nc1nnc(C(F)F)s1. The van der Waals surface area contributed by atoms with Crippen molar-refractivity contribution >= 4 is 22.4 Å². The van der Waals surface area contributed by atoms with Crippen LogP contribution in [-0.4, -0.2) is 22.6 Å². The summed E-state index contributed by atoms with van der Waals surface area (Å²) in [6.45, 7) is 3.92. The summed E-state index contributed by atoms with van der Waals surface area (Å²) in [6.07, 6.45) is -1.52. The molecule has 0 saturated heterocycles. The molecule has 8 heteroatoms. The lowest BCUT2D eigenvalue weighted by atomic mass is 9.81. The molecule has 18 heavy (non-hydrogen) atoms. The largest absolute Gasteiger partial charge is 0.329 e. The average molecular weight is 278 g/mol. The smallest absolute Gasteiger partial charge is 0.291 e. The average Bonchev–Trinajstić information content (AvgIpc) is 2.81. The van der Waals surface area contributed by atoms with E-state index in [1.165, 1.54) is 0 Å². The van der Waals surface area contributed by atoms with Crippen molar-refractivity contribution < 1.29 is 13.6 Å². The number of halogens is 2. The van der Waals surface area contributed by atoms with Crippen molar-refractivity contribution in [3.63, 3.8) is 0 Å². The van der Waals surface area contributed by atoms with Gasteiger partial charge in [-0.15, -0.1) is 10.2 Å². The van der Waals surface area contributed by atoms with E-state index in [2.05, 4.69) is 15.5 Å². The fourth-order valence-electron chi connectivity index (χ4n) is 1.56. The molecular formula is C10H16F2N4OS. The minimum absolute atomic E-state index is 0.0787. The topological polar surface area (TPSA) is 80.9 Å². The number of rotatable bonds is 6. The number of nitrogens with two attached hydrogens (primary N) is 1. The summed E-state index contributed by atoms with van der Waals surface area (Å²) in [7, 11) is 0. The molecule has 1 heterocycles. The zero-order chi connectivity index (χ0) is 13.8. The molecule has 1 amide bonds. The first-order valence-electron chi connectivity index (χ1n) is 5.62. The summed E-state index contributed by atoms with van der Waals surface area (Å²) in [5.41, 5.74) is 4.94. The second-order valence-electron chi connectivity index (χ2n) is 3.89. The van der Waals surface area contributed by atoms with Crippen LogP contribution < -0.4 is 11.1 Å². The molecule has 102 valence electrons. The molecule has 0 fully saturated rings. The Bertz CT molecular complexity index is 398. The highest BCUT2D eigenvalue weighted by Gasteiger charge is 2.34. The summed E-state index contributed by atoms with van der Waals surface area (Å²) in [6, 6.07) is 0. The third-order valence-corrected chi connectivity index (χ3v) is 3.92. The molecule has 0 atom stereocenters. The molecule has 0 unspecified atom stereocenters. The van der Waals surface area contributed by atoms with Crippen LogP contribution in [0.5, 0.6) is 0 Å². The second kappa shape index (κ2) is 6.14. The quantitative estimate of drug-likeness (QED) is 0.835. The first-order chi connectivity index (χ1) is 8.49. The summed E-state index contributed by atoms with van der Waals surface area (Å²) in [4.78, 5) is 12.1. The third kappa shape index (κ3) is 2.99. The van der Waals surface area contributed by atoms with E-state index in [-0.39, 0.29) is 17.6 Å². The van der Waals surface area contributed by atoms with Crippen LogP contribution in [0.15, 0.2) is 0 Å². The Morgan fingerprint density at radius 3 is 2.44 bits per heavy atom. The number of hydrogen-bond acceptors (Lipinski definition) is 5. The van der Waals surface area contributed by atoms with Crippen molar-refractivity contribution in [2.24, 2.45) is 11.1 Å². The Morgan fingerprint density at radius 2 is 2.06 bits per heavy atom. The van der Waals surface area contributed by atoms with Gasteiger partial charge in [0, 0.05) is 6.54 Å². The highest BCUT2D eigenvalue weighted by molar-refractivity contribution is 7.15. The lowest BCUT2D eigenvalue weighted by Crippen LogP contribution is -2.41. The molecule has 0 aromatic carbocycles. The van der Waals surface area contributed by atoms with Gasteiger partial charge in [0.25, 0.3) is 6.43 Å². The van der Waals surface area contributed by atoms with Gasteiger partial charge in [0.2, 0.25) is 11.0 Å². The molecule has 0 spiro atoms. The van der Waals surface area contributed by atoms with Gasteiger partial charge < -0.3 is 5.73 Å². The zero-order valence-electron chi connectivity index (χ0n) is 10.2. The second-order valence-corrected chi connectivity index (χ2v) is 4.90. The van der Waals surface area contributed by atoms with Gasteiger partial charge in [-0.3, -0.25) is 10.1 Å². The molecule has 0 aliphatic heterocycles. The number of carbonyl (C=O) groups is 1. The van der Waals surface area contributed by atoms with E-state index in [9.17, 15) is 13.6 Å². The van der Waals surface area contributed by atoms with Crippen molar-refractivity contribution in [3.8, 4) is 0 Å². The van der Waals surface area contributed by atoms with E-state index < -0.39 is 16.8 Å². The molecule has 5 nitrogen and oxygen atoms in total. The number of nitrogens with one attached hydrogen (secondary N) is 1. The monoisotopic (exact) mass is 278 g/mol. The summed E-state index contributed by atoms with van der Waals surface area (Å²) >= 11 is 0.672. The van der Waals surface area contributed by atoms with E-state index in [1.807, 2.05) is 13.8 Å². The first-order valence-corrected chi connectivity index (χ1v) is 6.43. The van der Waals surface area contributed by atoms with Crippen LogP contribution in [-0.2, 0) is 4.79 Å². The molecule has 1 rings (SSSR count). The predicted molar refractivity (Wildman–Crippen MR) is 65.6 cm³/mol. The van der Waals surface area contributed by atoms with Crippen LogP contribution >= 0.6 is 11.3 Å². The van der Waals surface area contributed by atoms with E-state index in [1.54, 1.807) is 0 Å². The molecule has 1 aromatic heterocycles. The lowest BCUT2D eigenvalue weighted by molar-refractivity contribution is -0.125. The Hall–Kier alpha value is -1.15. The summed E-state index contributed by atoms with van der Waals surface area (Å²) < 4.78 is 24.7. The van der Waals surface area contributed by atoms with Crippen molar-refractivity contribution in [3.05, 3.63) is 5.01 Å². The first kappa shape index (κ1) is 14.9. The maximum absolute atomic E-state index is 12.3. The van der Waals surface area contributed by atoms with Gasteiger partial charge in [-0.2, -0.15) is 0 Å². The van der Waals surface area contributed by atoms with Crippen LogP contribution in [0.1, 0.15) is 38.1 Å². The zero-order valence-corrected chi connectivity index (χ0v) is 11.1. The van der Waals surface area contributed by atoms with Gasteiger partial charge >= 0.3 is 0 Å². The lowest BCUT2D eigenvalue weighted by Gasteiger charge is -2.27. The number of carbonyl (C=O) groups excluding carboxylic acids is 1. The molecule has 1 aromatic rings. The standard InChI is InChI=1S/C10H16F2N4OS/c1-3-10(4-2,5-13)8(17)14-9-16-15-7(18-9)6(11)12/h6H,3-5,13H2,1-2H3,(H,14,16,17). The Morgan fingerprint density at radius 1 is 1.44 bits per heavy atom. The number of anilines is 1. The number of nitrogens with zero attached hydrogens (tertiary/aromatic N) is 2. The van der Waals surface area contributed by atoms with Crippen LogP contribution in [0.2, 0.25) is 0 Å². The van der Waals surface area contributed by atoms with Gasteiger partial charge in [0.05, 0.1) is 5.41 Å². The van der Waals surface area contributed by atoms with Gasteiger partial charge in [-0.25, -0.2) is 8.78 Å².